The van der Waals surface area contributed by atoms with Crippen LogP contribution in [0.4, 0.5) is 0 Å². The van der Waals surface area contributed by atoms with Gasteiger partial charge in [-0.1, -0.05) is 54.6 Å². The smallest absolute Gasteiger partial charge is 0.338 e. The highest BCUT2D eigenvalue weighted by Gasteiger charge is 2.61. The van der Waals surface area contributed by atoms with Crippen molar-refractivity contribution in [1.29, 1.82) is 0 Å². The molecule has 0 unspecified atom stereocenters. The predicted molar refractivity (Wildman–Crippen MR) is 142 cm³/mol. The number of carbonyl (C=O) groups is 4. The molecule has 41 heavy (non-hydrogen) atoms. The molecule has 1 saturated heterocycles. The monoisotopic (exact) mass is 558 g/mol. The van der Waals surface area contributed by atoms with E-state index in [2.05, 4.69) is 0 Å². The molecular formula is C31H26O10. The van der Waals surface area contributed by atoms with Crippen LogP contribution >= 0.6 is 0 Å². The van der Waals surface area contributed by atoms with Gasteiger partial charge in [0.15, 0.2) is 18.3 Å². The minimum Gasteiger partial charge on any atom is -0.459 e. The van der Waals surface area contributed by atoms with E-state index in [1.54, 1.807) is 91.0 Å². The molecule has 1 fully saturated rings. The maximum Gasteiger partial charge on any atom is 0.338 e. The fraction of sp³-hybridized carbons (Fsp3) is 0.226. The molecule has 0 saturated carbocycles. The summed E-state index contributed by atoms with van der Waals surface area (Å²) >= 11 is 0. The van der Waals surface area contributed by atoms with Crippen LogP contribution in [0.15, 0.2) is 103 Å². The number of rotatable bonds is 9. The summed E-state index contributed by atoms with van der Waals surface area (Å²) in [4.78, 5) is 51.2. The Balaban J connectivity index is 1.48. The van der Waals surface area contributed by atoms with Crippen molar-refractivity contribution in [1.82, 2.24) is 0 Å². The van der Waals surface area contributed by atoms with E-state index in [0.29, 0.717) is 5.56 Å². The van der Waals surface area contributed by atoms with Crippen molar-refractivity contribution in [3.63, 3.8) is 0 Å². The number of hydrogen-bond acceptors (Lipinski definition) is 10. The first-order valence-corrected chi connectivity index (χ1v) is 12.8. The summed E-state index contributed by atoms with van der Waals surface area (Å²) in [5.74, 6) is -4.64. The third kappa shape index (κ3) is 6.03. The lowest BCUT2D eigenvalue weighted by Gasteiger charge is -2.33. The average molecular weight is 559 g/mol. The van der Waals surface area contributed by atoms with Gasteiger partial charge in [-0.05, 0) is 42.5 Å². The second-order valence-corrected chi connectivity index (χ2v) is 9.21. The van der Waals surface area contributed by atoms with Crippen LogP contribution in [-0.4, -0.2) is 67.8 Å². The molecule has 2 heterocycles. The second kappa shape index (κ2) is 12.2. The normalized spacial score (nSPS) is 24.9. The van der Waals surface area contributed by atoms with E-state index in [1.807, 2.05) is 0 Å². The maximum absolute atomic E-state index is 13.2. The standard InChI is InChI=1S/C31H26O10/c1-36-31(18-17-24(32)41-31)27-26(40-30(35)22-15-9-4-10-16-22)25(39-29(34)21-13-7-3-8-14-21)23(38-27)19-37-28(33)20-11-5-2-6-12-20/h2-18,23,25-27H,19H2,1H3/t23-,25-,26-,27-,31-/m1/s1. The van der Waals surface area contributed by atoms with Crippen LogP contribution in [0, 0.1) is 0 Å². The third-order valence-electron chi connectivity index (χ3n) is 6.63. The van der Waals surface area contributed by atoms with Gasteiger partial charge in [-0.25, -0.2) is 19.2 Å². The maximum atomic E-state index is 13.2. The Labute approximate surface area is 235 Å². The fourth-order valence-electron chi connectivity index (χ4n) is 4.59. The summed E-state index contributed by atoms with van der Waals surface area (Å²) in [6, 6.07) is 24.7. The SMILES string of the molecule is CO[C@]1([C@@H]2O[C@H](COC(=O)c3ccccc3)[C@@H](OC(=O)c3ccccc3)[C@H]2OC(=O)c2ccccc2)C=CC(=O)O1. The van der Waals surface area contributed by atoms with Gasteiger partial charge in [0, 0.05) is 13.2 Å². The zero-order valence-corrected chi connectivity index (χ0v) is 21.9. The fourth-order valence-corrected chi connectivity index (χ4v) is 4.59. The highest BCUT2D eigenvalue weighted by molar-refractivity contribution is 5.91. The molecule has 0 N–H and O–H groups in total. The number of hydrogen-bond donors (Lipinski definition) is 0. The molecule has 0 radical (unpaired) electrons. The summed E-state index contributed by atoms with van der Waals surface area (Å²) in [5.41, 5.74) is 0.759. The van der Waals surface area contributed by atoms with Gasteiger partial charge in [0.2, 0.25) is 0 Å². The topological polar surface area (TPSA) is 124 Å². The number of cyclic esters (lactones) is 1. The van der Waals surface area contributed by atoms with Crippen molar-refractivity contribution >= 4 is 23.9 Å². The van der Waals surface area contributed by atoms with Gasteiger partial charge in [0.25, 0.3) is 5.79 Å². The van der Waals surface area contributed by atoms with Crippen molar-refractivity contribution in [2.24, 2.45) is 0 Å². The van der Waals surface area contributed by atoms with Crippen LogP contribution in [0.3, 0.4) is 0 Å². The van der Waals surface area contributed by atoms with Gasteiger partial charge in [-0.2, -0.15) is 0 Å². The highest BCUT2D eigenvalue weighted by Crippen LogP contribution is 2.39. The van der Waals surface area contributed by atoms with E-state index in [4.69, 9.17) is 28.4 Å². The van der Waals surface area contributed by atoms with E-state index in [9.17, 15) is 19.2 Å². The molecule has 10 nitrogen and oxygen atoms in total. The van der Waals surface area contributed by atoms with E-state index in [1.165, 1.54) is 13.2 Å². The lowest BCUT2D eigenvalue weighted by molar-refractivity contribution is -0.242. The Morgan fingerprint density at radius 3 is 1.68 bits per heavy atom. The van der Waals surface area contributed by atoms with Gasteiger partial charge >= 0.3 is 23.9 Å². The Kier molecular flexibility index (Phi) is 8.23. The van der Waals surface area contributed by atoms with Gasteiger partial charge in [0.1, 0.15) is 12.7 Å². The first-order valence-electron chi connectivity index (χ1n) is 12.8. The summed E-state index contributed by atoms with van der Waals surface area (Å²) in [5, 5.41) is 0. The summed E-state index contributed by atoms with van der Waals surface area (Å²) in [7, 11) is 1.29. The molecule has 210 valence electrons. The molecule has 2 aliphatic heterocycles. The minimum atomic E-state index is -1.81. The van der Waals surface area contributed by atoms with Crippen molar-refractivity contribution in [2.45, 2.75) is 30.2 Å². The van der Waals surface area contributed by atoms with Crippen LogP contribution in [0.25, 0.3) is 0 Å². The van der Waals surface area contributed by atoms with Crippen molar-refractivity contribution in [3.05, 3.63) is 120 Å². The van der Waals surface area contributed by atoms with Crippen LogP contribution in [-0.2, 0) is 33.2 Å². The molecule has 0 aliphatic carbocycles. The lowest BCUT2D eigenvalue weighted by atomic mass is 10.00. The minimum absolute atomic E-state index is 0.226. The zero-order valence-electron chi connectivity index (χ0n) is 21.9. The van der Waals surface area contributed by atoms with Crippen molar-refractivity contribution in [2.75, 3.05) is 13.7 Å². The molecule has 5 rings (SSSR count). The number of carbonyl (C=O) groups excluding carboxylic acids is 4. The molecule has 10 heteroatoms. The van der Waals surface area contributed by atoms with Gasteiger partial charge < -0.3 is 28.4 Å². The number of benzene rings is 3. The lowest BCUT2D eigenvalue weighted by Crippen LogP contribution is -2.52. The summed E-state index contributed by atoms with van der Waals surface area (Å²) in [6.45, 7) is -0.381. The Morgan fingerprint density at radius 2 is 1.22 bits per heavy atom. The van der Waals surface area contributed by atoms with Crippen molar-refractivity contribution < 1.29 is 47.6 Å². The first kappa shape index (κ1) is 27.8. The summed E-state index contributed by atoms with van der Waals surface area (Å²) < 4.78 is 34.4. The average Bonchev–Trinajstić information content (AvgIpc) is 3.57. The highest BCUT2D eigenvalue weighted by atomic mass is 16.7. The molecule has 3 aromatic rings. The van der Waals surface area contributed by atoms with E-state index in [0.717, 1.165) is 6.08 Å². The first-order chi connectivity index (χ1) is 19.9. The molecule has 0 amide bonds. The van der Waals surface area contributed by atoms with Crippen LogP contribution in [0.5, 0.6) is 0 Å². The largest absolute Gasteiger partial charge is 0.459 e. The van der Waals surface area contributed by atoms with Gasteiger partial charge in [0.05, 0.1) is 16.7 Å². The molecule has 0 spiro atoms. The Hall–Kier alpha value is -4.80. The van der Waals surface area contributed by atoms with E-state index in [-0.39, 0.29) is 17.7 Å². The van der Waals surface area contributed by atoms with Crippen molar-refractivity contribution in [3.8, 4) is 0 Å². The quantitative estimate of drug-likeness (QED) is 0.285. The van der Waals surface area contributed by atoms with E-state index >= 15 is 0 Å². The zero-order chi connectivity index (χ0) is 28.8. The van der Waals surface area contributed by atoms with Gasteiger partial charge in [-0.15, -0.1) is 0 Å². The van der Waals surface area contributed by atoms with Crippen LogP contribution in [0.1, 0.15) is 31.1 Å². The number of methoxy groups -OCH3 is 1. The molecule has 3 aromatic carbocycles. The third-order valence-corrected chi connectivity index (χ3v) is 6.63. The Bertz CT molecular complexity index is 1420. The molecule has 5 atom stereocenters. The second-order valence-electron chi connectivity index (χ2n) is 9.21. The predicted octanol–water partition coefficient (Wildman–Crippen LogP) is 3.52. The number of ether oxygens (including phenoxy) is 6. The van der Waals surface area contributed by atoms with Crippen LogP contribution < -0.4 is 0 Å². The molecule has 2 aliphatic rings. The van der Waals surface area contributed by atoms with E-state index < -0.39 is 54.1 Å². The molecular weight excluding hydrogens is 532 g/mol. The molecule has 0 aromatic heterocycles. The summed E-state index contributed by atoms with van der Waals surface area (Å²) in [6.07, 6.45) is -2.57. The van der Waals surface area contributed by atoms with Crippen LogP contribution in [0.2, 0.25) is 0 Å². The van der Waals surface area contributed by atoms with Gasteiger partial charge in [-0.3, -0.25) is 0 Å². The molecule has 0 bridgehead atoms. The number of esters is 4. The Morgan fingerprint density at radius 1 is 0.732 bits per heavy atom.